The van der Waals surface area contributed by atoms with Crippen molar-refractivity contribution in [1.29, 1.82) is 0 Å². The van der Waals surface area contributed by atoms with Crippen LogP contribution in [0.25, 0.3) is 0 Å². The standard InChI is InChI=1S/C14H22N2O/c1-2-13(11-15)16-14(17)10-6-9-12-7-4-3-5-8-12/h3-5,7-8,13H,2,6,9-11,15H2,1H3,(H,16,17). The summed E-state index contributed by atoms with van der Waals surface area (Å²) in [5, 5.41) is 2.94. The van der Waals surface area contributed by atoms with Crippen LogP contribution in [0.1, 0.15) is 31.7 Å². The average molecular weight is 234 g/mol. The fourth-order valence-electron chi connectivity index (χ4n) is 1.73. The number of hydrogen-bond donors (Lipinski definition) is 2. The summed E-state index contributed by atoms with van der Waals surface area (Å²) < 4.78 is 0. The highest BCUT2D eigenvalue weighted by molar-refractivity contribution is 5.76. The maximum atomic E-state index is 11.6. The first-order valence-corrected chi connectivity index (χ1v) is 6.29. The zero-order chi connectivity index (χ0) is 12.5. The van der Waals surface area contributed by atoms with E-state index in [0.29, 0.717) is 13.0 Å². The molecule has 0 radical (unpaired) electrons. The van der Waals surface area contributed by atoms with Gasteiger partial charge in [0.05, 0.1) is 0 Å². The molecule has 0 aliphatic heterocycles. The van der Waals surface area contributed by atoms with Crippen LogP contribution in [-0.2, 0) is 11.2 Å². The number of nitrogens with one attached hydrogen (secondary N) is 1. The van der Waals surface area contributed by atoms with E-state index in [1.807, 2.05) is 25.1 Å². The summed E-state index contributed by atoms with van der Waals surface area (Å²) >= 11 is 0. The number of aryl methyl sites for hydroxylation is 1. The zero-order valence-electron chi connectivity index (χ0n) is 10.5. The van der Waals surface area contributed by atoms with Crippen molar-refractivity contribution >= 4 is 5.91 Å². The van der Waals surface area contributed by atoms with Crippen LogP contribution >= 0.6 is 0 Å². The van der Waals surface area contributed by atoms with E-state index in [-0.39, 0.29) is 11.9 Å². The minimum absolute atomic E-state index is 0.109. The van der Waals surface area contributed by atoms with Gasteiger partial charge in [0.1, 0.15) is 0 Å². The summed E-state index contributed by atoms with van der Waals surface area (Å²) in [4.78, 5) is 11.6. The predicted molar refractivity (Wildman–Crippen MR) is 70.7 cm³/mol. The number of carbonyl (C=O) groups is 1. The van der Waals surface area contributed by atoms with Crippen LogP contribution in [0.2, 0.25) is 0 Å². The second kappa shape index (κ2) is 7.85. The highest BCUT2D eigenvalue weighted by Gasteiger charge is 2.07. The van der Waals surface area contributed by atoms with Gasteiger partial charge in [-0.05, 0) is 24.8 Å². The molecule has 0 spiro atoms. The van der Waals surface area contributed by atoms with Gasteiger partial charge in [0, 0.05) is 19.0 Å². The molecule has 0 aliphatic rings. The molecule has 1 unspecified atom stereocenters. The molecule has 3 N–H and O–H groups in total. The Morgan fingerprint density at radius 1 is 1.35 bits per heavy atom. The maximum absolute atomic E-state index is 11.6. The second-order valence-electron chi connectivity index (χ2n) is 4.25. The number of hydrogen-bond acceptors (Lipinski definition) is 2. The molecular formula is C14H22N2O. The number of carbonyl (C=O) groups excluding carboxylic acids is 1. The molecule has 0 saturated carbocycles. The molecule has 1 rings (SSSR count). The molecular weight excluding hydrogens is 212 g/mol. The van der Waals surface area contributed by atoms with Crippen molar-refractivity contribution < 1.29 is 4.79 Å². The molecule has 1 atom stereocenters. The lowest BCUT2D eigenvalue weighted by molar-refractivity contribution is -0.121. The monoisotopic (exact) mass is 234 g/mol. The van der Waals surface area contributed by atoms with Gasteiger partial charge in [-0.25, -0.2) is 0 Å². The van der Waals surface area contributed by atoms with Crippen LogP contribution in [0.15, 0.2) is 30.3 Å². The van der Waals surface area contributed by atoms with E-state index in [0.717, 1.165) is 19.3 Å². The Morgan fingerprint density at radius 3 is 2.65 bits per heavy atom. The van der Waals surface area contributed by atoms with Crippen LogP contribution in [-0.4, -0.2) is 18.5 Å². The summed E-state index contributed by atoms with van der Waals surface area (Å²) in [5.74, 6) is 0.109. The number of amides is 1. The van der Waals surface area contributed by atoms with Crippen LogP contribution in [0.5, 0.6) is 0 Å². The van der Waals surface area contributed by atoms with Crippen LogP contribution < -0.4 is 11.1 Å². The Morgan fingerprint density at radius 2 is 2.06 bits per heavy atom. The topological polar surface area (TPSA) is 55.1 Å². The van der Waals surface area contributed by atoms with Gasteiger partial charge in [0.15, 0.2) is 0 Å². The summed E-state index contributed by atoms with van der Waals surface area (Å²) in [7, 11) is 0. The maximum Gasteiger partial charge on any atom is 0.220 e. The van der Waals surface area contributed by atoms with Gasteiger partial charge in [-0.15, -0.1) is 0 Å². The van der Waals surface area contributed by atoms with Gasteiger partial charge in [0.2, 0.25) is 5.91 Å². The summed E-state index contributed by atoms with van der Waals surface area (Å²) in [6.45, 7) is 2.54. The molecule has 0 fully saturated rings. The van der Waals surface area contributed by atoms with Gasteiger partial charge in [0.25, 0.3) is 0 Å². The summed E-state index contributed by atoms with van der Waals surface area (Å²) in [6, 6.07) is 10.4. The van der Waals surface area contributed by atoms with Gasteiger partial charge in [-0.1, -0.05) is 37.3 Å². The number of benzene rings is 1. The first kappa shape index (κ1) is 13.7. The van der Waals surface area contributed by atoms with Crippen molar-refractivity contribution in [2.45, 2.75) is 38.6 Å². The smallest absolute Gasteiger partial charge is 0.220 e. The van der Waals surface area contributed by atoms with Gasteiger partial charge in [-0.2, -0.15) is 0 Å². The number of rotatable bonds is 7. The van der Waals surface area contributed by atoms with Crippen molar-refractivity contribution in [2.75, 3.05) is 6.54 Å². The van der Waals surface area contributed by atoms with E-state index in [9.17, 15) is 4.79 Å². The highest BCUT2D eigenvalue weighted by atomic mass is 16.1. The normalized spacial score (nSPS) is 12.1. The van der Waals surface area contributed by atoms with Gasteiger partial charge >= 0.3 is 0 Å². The molecule has 0 bridgehead atoms. The van der Waals surface area contributed by atoms with Crippen molar-refractivity contribution in [1.82, 2.24) is 5.32 Å². The van der Waals surface area contributed by atoms with E-state index in [4.69, 9.17) is 5.73 Å². The van der Waals surface area contributed by atoms with Crippen LogP contribution in [0, 0.1) is 0 Å². The van der Waals surface area contributed by atoms with E-state index >= 15 is 0 Å². The SMILES string of the molecule is CCC(CN)NC(=O)CCCc1ccccc1. The molecule has 94 valence electrons. The molecule has 0 saturated heterocycles. The molecule has 1 aromatic carbocycles. The Labute approximate surface area is 103 Å². The molecule has 0 heterocycles. The predicted octanol–water partition coefficient (Wildman–Crippen LogP) is 1.86. The first-order chi connectivity index (χ1) is 8.26. The largest absolute Gasteiger partial charge is 0.352 e. The highest BCUT2D eigenvalue weighted by Crippen LogP contribution is 2.04. The summed E-state index contributed by atoms with van der Waals surface area (Å²) in [5.41, 5.74) is 6.82. The lowest BCUT2D eigenvalue weighted by atomic mass is 10.1. The third kappa shape index (κ3) is 5.50. The van der Waals surface area contributed by atoms with Crippen molar-refractivity contribution in [2.24, 2.45) is 5.73 Å². The quantitative estimate of drug-likeness (QED) is 0.756. The molecule has 1 amide bonds. The average Bonchev–Trinajstić information content (AvgIpc) is 2.37. The first-order valence-electron chi connectivity index (χ1n) is 6.29. The van der Waals surface area contributed by atoms with Crippen LogP contribution in [0.3, 0.4) is 0 Å². The van der Waals surface area contributed by atoms with Gasteiger partial charge < -0.3 is 11.1 Å². The van der Waals surface area contributed by atoms with Crippen LogP contribution in [0.4, 0.5) is 0 Å². The molecule has 0 aromatic heterocycles. The van der Waals surface area contributed by atoms with E-state index in [1.165, 1.54) is 5.56 Å². The summed E-state index contributed by atoms with van der Waals surface area (Å²) in [6.07, 6.45) is 3.30. The number of nitrogens with two attached hydrogens (primary N) is 1. The fourth-order valence-corrected chi connectivity index (χ4v) is 1.73. The molecule has 17 heavy (non-hydrogen) atoms. The lowest BCUT2D eigenvalue weighted by Gasteiger charge is -2.14. The van der Waals surface area contributed by atoms with Crippen molar-refractivity contribution in [3.63, 3.8) is 0 Å². The lowest BCUT2D eigenvalue weighted by Crippen LogP contribution is -2.39. The van der Waals surface area contributed by atoms with Crippen molar-refractivity contribution in [3.05, 3.63) is 35.9 Å². The molecule has 1 aromatic rings. The Kier molecular flexibility index (Phi) is 6.33. The molecule has 0 aliphatic carbocycles. The Bertz CT molecular complexity index is 320. The molecule has 3 nitrogen and oxygen atoms in total. The fraction of sp³-hybridized carbons (Fsp3) is 0.500. The van der Waals surface area contributed by atoms with Crippen molar-refractivity contribution in [3.8, 4) is 0 Å². The zero-order valence-corrected chi connectivity index (χ0v) is 10.5. The second-order valence-corrected chi connectivity index (χ2v) is 4.25. The minimum atomic E-state index is 0.109. The minimum Gasteiger partial charge on any atom is -0.352 e. The van der Waals surface area contributed by atoms with Gasteiger partial charge in [-0.3, -0.25) is 4.79 Å². The Balaban J connectivity index is 2.20. The molecule has 3 heteroatoms. The third-order valence-electron chi connectivity index (χ3n) is 2.85. The van der Waals surface area contributed by atoms with E-state index in [1.54, 1.807) is 0 Å². The Hall–Kier alpha value is -1.35. The van der Waals surface area contributed by atoms with E-state index < -0.39 is 0 Å². The third-order valence-corrected chi connectivity index (χ3v) is 2.85. The van der Waals surface area contributed by atoms with E-state index in [2.05, 4.69) is 17.4 Å².